The molecule has 0 unspecified atom stereocenters. The maximum absolute atomic E-state index is 5.93. The van der Waals surface area contributed by atoms with Gasteiger partial charge >= 0.3 is 7.12 Å². The molecule has 0 N–H and O–H groups in total. The molecule has 0 radical (unpaired) electrons. The van der Waals surface area contributed by atoms with Crippen LogP contribution in [0.2, 0.25) is 6.82 Å². The molecule has 2 nitrogen and oxygen atoms in total. The van der Waals surface area contributed by atoms with Crippen molar-refractivity contribution >= 4 is 7.12 Å². The number of rotatable bonds is 0. The summed E-state index contributed by atoms with van der Waals surface area (Å²) in [7, 11) is -0.140. The summed E-state index contributed by atoms with van der Waals surface area (Å²) in [5.41, 5.74) is 5.02. The molecule has 0 amide bonds. The van der Waals surface area contributed by atoms with Gasteiger partial charge in [-0.25, -0.2) is 0 Å². The molecule has 18 heavy (non-hydrogen) atoms. The molecular weight excluding hydrogens is 223 g/mol. The summed E-state index contributed by atoms with van der Waals surface area (Å²) in [6.07, 6.45) is 0.0669. The molecule has 1 saturated heterocycles. The van der Waals surface area contributed by atoms with Gasteiger partial charge in [-0.2, -0.15) is 0 Å². The third-order valence-corrected chi connectivity index (χ3v) is 3.78. The Bertz CT molecular complexity index is 557. The maximum Gasteiger partial charge on any atom is 0.454 e. The van der Waals surface area contributed by atoms with E-state index in [4.69, 9.17) is 9.31 Å². The fraction of sp³-hybridized carbons (Fsp3) is 0.200. The molecule has 2 aromatic rings. The van der Waals surface area contributed by atoms with E-state index in [1.54, 1.807) is 0 Å². The number of hydrogen-bond donors (Lipinski definition) is 0. The van der Waals surface area contributed by atoms with Gasteiger partial charge in [0.05, 0.1) is 12.2 Å². The molecule has 0 aromatic heterocycles. The Labute approximate surface area is 107 Å². The molecule has 1 fully saturated rings. The SMILES string of the molecule is CB1O[C@@H]2c3ccccc3-c3ccccc3[C@@H]2O1. The van der Waals surface area contributed by atoms with Crippen LogP contribution in [0.25, 0.3) is 11.1 Å². The van der Waals surface area contributed by atoms with E-state index in [1.165, 1.54) is 22.3 Å². The Hall–Kier alpha value is -1.58. The van der Waals surface area contributed by atoms with Gasteiger partial charge in [0.1, 0.15) is 0 Å². The molecule has 0 bridgehead atoms. The highest BCUT2D eigenvalue weighted by Gasteiger charge is 2.43. The van der Waals surface area contributed by atoms with Crippen LogP contribution in [-0.4, -0.2) is 7.12 Å². The molecule has 4 rings (SSSR count). The Morgan fingerprint density at radius 3 is 1.72 bits per heavy atom. The van der Waals surface area contributed by atoms with E-state index >= 15 is 0 Å². The first-order valence-electron chi connectivity index (χ1n) is 6.34. The summed E-state index contributed by atoms with van der Waals surface area (Å²) >= 11 is 0. The Kier molecular flexibility index (Phi) is 2.13. The Morgan fingerprint density at radius 1 is 0.778 bits per heavy atom. The van der Waals surface area contributed by atoms with Gasteiger partial charge < -0.3 is 9.31 Å². The molecule has 0 spiro atoms. The zero-order valence-corrected chi connectivity index (χ0v) is 10.2. The van der Waals surface area contributed by atoms with Crippen molar-refractivity contribution in [2.24, 2.45) is 0 Å². The van der Waals surface area contributed by atoms with Crippen LogP contribution in [0.1, 0.15) is 23.3 Å². The van der Waals surface area contributed by atoms with Crippen LogP contribution in [0.4, 0.5) is 0 Å². The first-order valence-corrected chi connectivity index (χ1v) is 6.34. The van der Waals surface area contributed by atoms with E-state index in [2.05, 4.69) is 48.5 Å². The molecule has 3 heteroatoms. The van der Waals surface area contributed by atoms with Crippen molar-refractivity contribution in [3.8, 4) is 11.1 Å². The third kappa shape index (κ3) is 1.32. The summed E-state index contributed by atoms with van der Waals surface area (Å²) in [4.78, 5) is 0. The van der Waals surface area contributed by atoms with Crippen LogP contribution < -0.4 is 0 Å². The first kappa shape index (κ1) is 10.4. The van der Waals surface area contributed by atoms with E-state index in [-0.39, 0.29) is 19.3 Å². The first-order chi connectivity index (χ1) is 8.84. The minimum absolute atomic E-state index is 0.0334. The van der Waals surface area contributed by atoms with Gasteiger partial charge in [0.2, 0.25) is 0 Å². The van der Waals surface area contributed by atoms with E-state index in [1.807, 2.05) is 6.82 Å². The van der Waals surface area contributed by atoms with Crippen LogP contribution in [0.3, 0.4) is 0 Å². The Balaban J connectivity index is 2.00. The van der Waals surface area contributed by atoms with Crippen LogP contribution in [-0.2, 0) is 9.31 Å². The molecule has 1 aliphatic heterocycles. The number of fused-ring (bicyclic) bond motifs is 6. The minimum atomic E-state index is -0.140. The highest BCUT2D eigenvalue weighted by Crippen LogP contribution is 2.51. The zero-order chi connectivity index (χ0) is 12.1. The van der Waals surface area contributed by atoms with Crippen molar-refractivity contribution in [2.45, 2.75) is 19.0 Å². The average Bonchev–Trinajstić information content (AvgIpc) is 2.81. The summed E-state index contributed by atoms with van der Waals surface area (Å²) in [5.74, 6) is 0. The quantitative estimate of drug-likeness (QED) is 0.650. The molecule has 88 valence electrons. The second-order valence-corrected chi connectivity index (χ2v) is 4.86. The molecule has 1 heterocycles. The topological polar surface area (TPSA) is 18.5 Å². The molecule has 2 aromatic carbocycles. The third-order valence-electron chi connectivity index (χ3n) is 3.78. The fourth-order valence-electron chi connectivity index (χ4n) is 3.04. The highest BCUT2D eigenvalue weighted by molar-refractivity contribution is 6.43. The molecule has 1 aliphatic carbocycles. The summed E-state index contributed by atoms with van der Waals surface area (Å²) in [6.45, 7) is 1.96. The van der Waals surface area contributed by atoms with Gasteiger partial charge in [0.25, 0.3) is 0 Å². The zero-order valence-electron chi connectivity index (χ0n) is 10.2. The van der Waals surface area contributed by atoms with Crippen LogP contribution >= 0.6 is 0 Å². The molecule has 2 atom stereocenters. The lowest BCUT2D eigenvalue weighted by atomic mass is 9.82. The van der Waals surface area contributed by atoms with Crippen molar-refractivity contribution in [3.63, 3.8) is 0 Å². The van der Waals surface area contributed by atoms with Gasteiger partial charge in [-0.15, -0.1) is 0 Å². The number of benzene rings is 2. The van der Waals surface area contributed by atoms with Crippen LogP contribution in [0.15, 0.2) is 48.5 Å². The van der Waals surface area contributed by atoms with Crippen molar-refractivity contribution in [3.05, 3.63) is 59.7 Å². The predicted octanol–water partition coefficient (Wildman–Crippen LogP) is 3.61. The van der Waals surface area contributed by atoms with Crippen molar-refractivity contribution in [2.75, 3.05) is 0 Å². The predicted molar refractivity (Wildman–Crippen MR) is 71.1 cm³/mol. The van der Waals surface area contributed by atoms with E-state index in [0.717, 1.165) is 0 Å². The van der Waals surface area contributed by atoms with Gasteiger partial charge in [0.15, 0.2) is 0 Å². The van der Waals surface area contributed by atoms with E-state index < -0.39 is 0 Å². The second kappa shape index (κ2) is 3.71. The highest BCUT2D eigenvalue weighted by atomic mass is 16.7. The summed E-state index contributed by atoms with van der Waals surface area (Å²) in [6, 6.07) is 16.9. The van der Waals surface area contributed by atoms with Crippen LogP contribution in [0, 0.1) is 0 Å². The lowest BCUT2D eigenvalue weighted by Crippen LogP contribution is -2.14. The minimum Gasteiger partial charge on any atom is -0.401 e. The van der Waals surface area contributed by atoms with E-state index in [9.17, 15) is 0 Å². The van der Waals surface area contributed by atoms with Gasteiger partial charge in [0, 0.05) is 0 Å². The van der Waals surface area contributed by atoms with Gasteiger partial charge in [-0.05, 0) is 29.1 Å². The summed E-state index contributed by atoms with van der Waals surface area (Å²) in [5, 5.41) is 0. The number of hydrogen-bond acceptors (Lipinski definition) is 2. The van der Waals surface area contributed by atoms with Crippen molar-refractivity contribution in [1.82, 2.24) is 0 Å². The van der Waals surface area contributed by atoms with Crippen molar-refractivity contribution < 1.29 is 9.31 Å². The average molecular weight is 236 g/mol. The largest absolute Gasteiger partial charge is 0.454 e. The lowest BCUT2D eigenvalue weighted by Gasteiger charge is -2.29. The van der Waals surface area contributed by atoms with Gasteiger partial charge in [-0.3, -0.25) is 0 Å². The maximum atomic E-state index is 5.93. The standard InChI is InChI=1S/C15H13BO2/c1-16-17-14-12-8-4-2-6-10(12)11-7-3-5-9-13(11)15(14)18-16/h2-9,14-15H,1H3/t14-,15+. The van der Waals surface area contributed by atoms with E-state index in [0.29, 0.717) is 0 Å². The second-order valence-electron chi connectivity index (χ2n) is 4.86. The van der Waals surface area contributed by atoms with Crippen LogP contribution in [0.5, 0.6) is 0 Å². The lowest BCUT2D eigenvalue weighted by molar-refractivity contribution is 0.157. The molecule has 2 aliphatic rings. The Morgan fingerprint density at radius 2 is 1.22 bits per heavy atom. The summed E-state index contributed by atoms with van der Waals surface area (Å²) < 4.78 is 11.9. The normalized spacial score (nSPS) is 24.4. The fourth-order valence-corrected chi connectivity index (χ4v) is 3.04. The van der Waals surface area contributed by atoms with Crippen molar-refractivity contribution in [1.29, 1.82) is 0 Å². The molecule has 0 saturated carbocycles. The smallest absolute Gasteiger partial charge is 0.401 e. The molecular formula is C15H13BO2. The van der Waals surface area contributed by atoms with Gasteiger partial charge in [-0.1, -0.05) is 48.5 Å². The monoisotopic (exact) mass is 236 g/mol.